The number of sulfonamides is 1. The van der Waals surface area contributed by atoms with Gasteiger partial charge in [-0.15, -0.1) is 0 Å². The molecule has 118 valence electrons. The largest absolute Gasteiger partial charge is 0.442 e. The molecular formula is C17H15NO4S. The van der Waals surface area contributed by atoms with Crippen molar-refractivity contribution in [3.63, 3.8) is 0 Å². The fourth-order valence-corrected chi connectivity index (χ4v) is 4.78. The Morgan fingerprint density at radius 2 is 1.78 bits per heavy atom. The molecule has 0 saturated carbocycles. The molecule has 0 radical (unpaired) electrons. The predicted octanol–water partition coefficient (Wildman–Crippen LogP) is 2.80. The first kappa shape index (κ1) is 14.3. The molecule has 1 aliphatic carbocycles. The summed E-state index contributed by atoms with van der Waals surface area (Å²) in [5.74, 6) is 0. The molecule has 1 amide bonds. The van der Waals surface area contributed by atoms with Gasteiger partial charge in [-0.3, -0.25) is 0 Å². The minimum absolute atomic E-state index is 0.102. The number of amides is 1. The summed E-state index contributed by atoms with van der Waals surface area (Å²) < 4.78 is 32.1. The van der Waals surface area contributed by atoms with E-state index >= 15 is 0 Å². The number of carbonyl (C=O) groups is 1. The molecule has 4 rings (SSSR count). The minimum Gasteiger partial charge on any atom is -0.442 e. The van der Waals surface area contributed by atoms with Crippen molar-refractivity contribution in [1.29, 1.82) is 0 Å². The first-order valence-electron chi connectivity index (χ1n) is 7.38. The molecule has 23 heavy (non-hydrogen) atoms. The van der Waals surface area contributed by atoms with Gasteiger partial charge in [0.1, 0.15) is 12.1 Å². The third-order valence-corrected chi connectivity index (χ3v) is 6.17. The topological polar surface area (TPSA) is 63.7 Å². The van der Waals surface area contributed by atoms with Gasteiger partial charge in [-0.1, -0.05) is 42.0 Å². The quantitative estimate of drug-likeness (QED) is 0.850. The van der Waals surface area contributed by atoms with Gasteiger partial charge in [-0.05, 0) is 30.2 Å². The Bertz CT molecular complexity index is 889. The lowest BCUT2D eigenvalue weighted by Gasteiger charge is -2.21. The lowest BCUT2D eigenvalue weighted by Crippen LogP contribution is -2.34. The average molecular weight is 329 g/mol. The van der Waals surface area contributed by atoms with Crippen LogP contribution in [0, 0.1) is 6.92 Å². The van der Waals surface area contributed by atoms with E-state index in [0.717, 1.165) is 21.0 Å². The molecule has 0 unspecified atom stereocenters. The molecule has 0 N–H and O–H groups in total. The summed E-state index contributed by atoms with van der Waals surface area (Å²) in [6.07, 6.45) is -0.692. The van der Waals surface area contributed by atoms with Crippen LogP contribution in [0.3, 0.4) is 0 Å². The Hall–Kier alpha value is -2.34. The fourth-order valence-electron chi connectivity index (χ4n) is 3.29. The van der Waals surface area contributed by atoms with E-state index in [0.29, 0.717) is 6.42 Å². The predicted molar refractivity (Wildman–Crippen MR) is 83.4 cm³/mol. The monoisotopic (exact) mass is 329 g/mol. The number of carbonyl (C=O) groups excluding carboxylic acids is 1. The van der Waals surface area contributed by atoms with Gasteiger partial charge in [0, 0.05) is 6.42 Å². The van der Waals surface area contributed by atoms with Gasteiger partial charge in [0.15, 0.2) is 0 Å². The second-order valence-corrected chi connectivity index (χ2v) is 7.70. The van der Waals surface area contributed by atoms with Crippen LogP contribution in [0.25, 0.3) is 0 Å². The van der Waals surface area contributed by atoms with Gasteiger partial charge >= 0.3 is 6.09 Å². The number of nitrogens with zero attached hydrogens (tertiary/aromatic N) is 1. The number of ether oxygens (including phenoxy) is 1. The van der Waals surface area contributed by atoms with Crippen LogP contribution in [0.2, 0.25) is 0 Å². The molecule has 0 aromatic heterocycles. The summed E-state index contributed by atoms with van der Waals surface area (Å²) in [6, 6.07) is 13.4. The van der Waals surface area contributed by atoms with E-state index in [9.17, 15) is 13.2 Å². The van der Waals surface area contributed by atoms with Gasteiger partial charge in [-0.2, -0.15) is 4.31 Å². The number of fused-ring (bicyclic) bond motifs is 3. The average Bonchev–Trinajstić information content (AvgIpc) is 3.02. The normalized spacial score (nSPS) is 22.7. The van der Waals surface area contributed by atoms with Crippen LogP contribution in [-0.2, 0) is 21.2 Å². The summed E-state index contributed by atoms with van der Waals surface area (Å²) in [5, 5.41) is 0. The molecule has 0 bridgehead atoms. The highest BCUT2D eigenvalue weighted by Crippen LogP contribution is 2.45. The summed E-state index contributed by atoms with van der Waals surface area (Å²) in [7, 11) is -3.94. The number of hydrogen-bond acceptors (Lipinski definition) is 4. The maximum absolute atomic E-state index is 12.9. The molecule has 0 spiro atoms. The van der Waals surface area contributed by atoms with E-state index < -0.39 is 28.3 Å². The van der Waals surface area contributed by atoms with Gasteiger partial charge in [0.25, 0.3) is 10.0 Å². The van der Waals surface area contributed by atoms with Crippen LogP contribution in [0.5, 0.6) is 0 Å². The van der Waals surface area contributed by atoms with E-state index in [1.807, 2.05) is 31.2 Å². The van der Waals surface area contributed by atoms with E-state index in [2.05, 4.69) is 0 Å². The maximum Gasteiger partial charge on any atom is 0.424 e. The Morgan fingerprint density at radius 1 is 1.09 bits per heavy atom. The van der Waals surface area contributed by atoms with Crippen molar-refractivity contribution in [2.75, 3.05) is 0 Å². The molecule has 6 heteroatoms. The molecule has 5 nitrogen and oxygen atoms in total. The van der Waals surface area contributed by atoms with E-state index in [4.69, 9.17) is 4.74 Å². The first-order valence-corrected chi connectivity index (χ1v) is 8.82. The second-order valence-electron chi connectivity index (χ2n) is 5.88. The van der Waals surface area contributed by atoms with Gasteiger partial charge < -0.3 is 4.74 Å². The zero-order chi connectivity index (χ0) is 16.2. The SMILES string of the molecule is Cc1ccc(S(=O)(=O)N2C(=O)O[C@@H]3Cc4ccccc4[C@@H]32)cc1. The van der Waals surface area contributed by atoms with Crippen LogP contribution in [0.15, 0.2) is 53.4 Å². The molecular weight excluding hydrogens is 314 g/mol. The van der Waals surface area contributed by atoms with Crippen LogP contribution in [-0.4, -0.2) is 24.9 Å². The highest BCUT2D eigenvalue weighted by atomic mass is 32.2. The third kappa shape index (κ3) is 2.05. The van der Waals surface area contributed by atoms with Crippen LogP contribution >= 0.6 is 0 Å². The number of hydrogen-bond donors (Lipinski definition) is 0. The molecule has 2 aromatic carbocycles. The molecule has 2 aromatic rings. The number of rotatable bonds is 2. The molecule has 1 saturated heterocycles. The van der Waals surface area contributed by atoms with Crippen LogP contribution < -0.4 is 0 Å². The zero-order valence-corrected chi connectivity index (χ0v) is 13.3. The van der Waals surface area contributed by atoms with Crippen molar-refractivity contribution in [2.24, 2.45) is 0 Å². The lowest BCUT2D eigenvalue weighted by atomic mass is 10.1. The molecule has 1 aliphatic heterocycles. The first-order chi connectivity index (χ1) is 11.0. The Balaban J connectivity index is 1.81. The highest BCUT2D eigenvalue weighted by molar-refractivity contribution is 7.89. The van der Waals surface area contributed by atoms with Gasteiger partial charge in [0.2, 0.25) is 0 Å². The summed E-state index contributed by atoms with van der Waals surface area (Å²) >= 11 is 0. The lowest BCUT2D eigenvalue weighted by molar-refractivity contribution is 0.135. The number of benzene rings is 2. The molecule has 1 fully saturated rings. The van der Waals surface area contributed by atoms with E-state index in [-0.39, 0.29) is 4.90 Å². The second kappa shape index (κ2) is 4.83. The van der Waals surface area contributed by atoms with Crippen LogP contribution in [0.4, 0.5) is 4.79 Å². The standard InChI is InChI=1S/C17H15NO4S/c1-11-6-8-13(9-7-11)23(20,21)18-16-14-5-3-2-4-12(14)10-15(16)22-17(18)19/h2-9,15-16H,10H2,1H3/t15-,16+/m1/s1. The van der Waals surface area contributed by atoms with Crippen molar-refractivity contribution in [2.45, 2.75) is 30.4 Å². The van der Waals surface area contributed by atoms with Crippen molar-refractivity contribution < 1.29 is 17.9 Å². The maximum atomic E-state index is 12.9. The Morgan fingerprint density at radius 3 is 2.52 bits per heavy atom. The Kier molecular flexibility index (Phi) is 2.99. The Labute approximate surface area is 134 Å². The molecule has 2 atom stereocenters. The molecule has 1 heterocycles. The smallest absolute Gasteiger partial charge is 0.424 e. The zero-order valence-electron chi connectivity index (χ0n) is 12.5. The van der Waals surface area contributed by atoms with Gasteiger partial charge in [0.05, 0.1) is 4.90 Å². The number of aryl methyl sites for hydroxylation is 1. The minimum atomic E-state index is -3.94. The van der Waals surface area contributed by atoms with E-state index in [1.165, 1.54) is 12.1 Å². The summed E-state index contributed by atoms with van der Waals surface area (Å²) in [6.45, 7) is 1.88. The molecule has 2 aliphatic rings. The third-order valence-electron chi connectivity index (χ3n) is 4.41. The van der Waals surface area contributed by atoms with E-state index in [1.54, 1.807) is 12.1 Å². The highest BCUT2D eigenvalue weighted by Gasteiger charge is 2.52. The van der Waals surface area contributed by atoms with Crippen molar-refractivity contribution in [3.8, 4) is 0 Å². The van der Waals surface area contributed by atoms with Crippen molar-refractivity contribution in [1.82, 2.24) is 4.31 Å². The van der Waals surface area contributed by atoms with Crippen molar-refractivity contribution in [3.05, 3.63) is 65.2 Å². The van der Waals surface area contributed by atoms with Crippen molar-refractivity contribution >= 4 is 16.1 Å². The summed E-state index contributed by atoms with van der Waals surface area (Å²) in [4.78, 5) is 12.3. The summed E-state index contributed by atoms with van der Waals surface area (Å²) in [5.41, 5.74) is 2.83. The fraction of sp³-hybridized carbons (Fsp3) is 0.235. The van der Waals surface area contributed by atoms with Gasteiger partial charge in [-0.25, -0.2) is 13.2 Å². The van der Waals surface area contributed by atoms with Crippen LogP contribution in [0.1, 0.15) is 22.7 Å².